The lowest BCUT2D eigenvalue weighted by molar-refractivity contribution is -0.121. The largest absolute Gasteiger partial charge is 0.478 e. The number of thioether (sulfide) groups is 1. The molecule has 3 aromatic rings. The number of rotatable bonds is 4. The number of amidine groups is 1. The minimum absolute atomic E-state index is 0.0943. The molecule has 0 spiro atoms. The molecule has 0 radical (unpaired) electrons. The summed E-state index contributed by atoms with van der Waals surface area (Å²) in [5.41, 5.74) is 7.20. The zero-order chi connectivity index (χ0) is 26.4. The van der Waals surface area contributed by atoms with E-state index in [9.17, 15) is 14.7 Å². The molecule has 0 saturated carbocycles. The third kappa shape index (κ3) is 4.88. The van der Waals surface area contributed by atoms with E-state index in [0.29, 0.717) is 15.8 Å². The first kappa shape index (κ1) is 25.5. The molecule has 36 heavy (non-hydrogen) atoms. The lowest BCUT2D eigenvalue weighted by Gasteiger charge is -2.20. The SMILES string of the molecule is Cc1cc(C(=O)O)ccc1N=C1S/C(=C\c2cc(C)n(-c3ccc(C(C)(C)C)cc3)c2C)C(=O)N1C. The van der Waals surface area contributed by atoms with Crippen molar-refractivity contribution in [2.45, 2.75) is 47.0 Å². The maximum absolute atomic E-state index is 13.0. The van der Waals surface area contributed by atoms with E-state index in [4.69, 9.17) is 0 Å². The number of carboxylic acids is 1. The van der Waals surface area contributed by atoms with Crippen molar-refractivity contribution in [2.24, 2.45) is 4.99 Å². The van der Waals surface area contributed by atoms with Crippen LogP contribution in [0.5, 0.6) is 0 Å². The van der Waals surface area contributed by atoms with E-state index in [2.05, 4.69) is 74.5 Å². The number of benzene rings is 2. The normalized spacial score (nSPS) is 16.4. The molecule has 186 valence electrons. The summed E-state index contributed by atoms with van der Waals surface area (Å²) < 4.78 is 2.20. The Labute approximate surface area is 216 Å². The van der Waals surface area contributed by atoms with Crippen LogP contribution >= 0.6 is 11.8 Å². The summed E-state index contributed by atoms with van der Waals surface area (Å²) in [6.45, 7) is 12.6. The van der Waals surface area contributed by atoms with Gasteiger partial charge in [0.05, 0.1) is 16.2 Å². The number of nitrogens with zero attached hydrogens (tertiary/aromatic N) is 3. The van der Waals surface area contributed by atoms with E-state index in [1.807, 2.05) is 13.0 Å². The van der Waals surface area contributed by atoms with Crippen molar-refractivity contribution in [3.05, 3.63) is 87.1 Å². The van der Waals surface area contributed by atoms with Gasteiger partial charge in [-0.15, -0.1) is 0 Å². The Balaban J connectivity index is 1.64. The van der Waals surface area contributed by atoms with Crippen molar-refractivity contribution in [1.29, 1.82) is 0 Å². The highest BCUT2D eigenvalue weighted by Gasteiger charge is 2.31. The van der Waals surface area contributed by atoms with Crippen LogP contribution in [0, 0.1) is 20.8 Å². The van der Waals surface area contributed by atoms with Gasteiger partial charge in [-0.1, -0.05) is 32.9 Å². The van der Waals surface area contributed by atoms with E-state index in [0.717, 1.165) is 28.2 Å². The lowest BCUT2D eigenvalue weighted by Crippen LogP contribution is -2.23. The molecule has 0 aliphatic carbocycles. The van der Waals surface area contributed by atoms with E-state index in [1.54, 1.807) is 19.2 Å². The second-order valence-corrected chi connectivity index (χ2v) is 11.1. The standard InChI is InChI=1S/C29H31N3O3S/c1-17-14-20(27(34)35)8-13-24(17)30-28-31(7)26(33)25(36-28)16-21-15-18(2)32(19(21)3)23-11-9-22(10-12-23)29(4,5)6/h8-16H,1-7H3,(H,34,35)/b25-16-,30-28?. The van der Waals surface area contributed by atoms with Crippen molar-refractivity contribution < 1.29 is 14.7 Å². The van der Waals surface area contributed by atoms with Crippen molar-refractivity contribution >= 4 is 40.6 Å². The Morgan fingerprint density at radius 3 is 2.28 bits per heavy atom. The zero-order valence-electron chi connectivity index (χ0n) is 21.7. The van der Waals surface area contributed by atoms with Crippen LogP contribution in [0.3, 0.4) is 0 Å². The highest BCUT2D eigenvalue weighted by molar-refractivity contribution is 8.18. The number of carbonyl (C=O) groups is 2. The molecule has 2 heterocycles. The van der Waals surface area contributed by atoms with Gasteiger partial charge in [-0.25, -0.2) is 9.79 Å². The Morgan fingerprint density at radius 1 is 1.03 bits per heavy atom. The van der Waals surface area contributed by atoms with Gasteiger partial charge in [0.1, 0.15) is 0 Å². The number of amides is 1. The molecule has 0 bridgehead atoms. The fraction of sp³-hybridized carbons (Fsp3) is 0.276. The first-order chi connectivity index (χ1) is 16.9. The second-order valence-electron chi connectivity index (χ2n) is 10.1. The topological polar surface area (TPSA) is 74.9 Å². The van der Waals surface area contributed by atoms with Crippen LogP contribution in [-0.2, 0) is 10.2 Å². The first-order valence-corrected chi connectivity index (χ1v) is 12.6. The van der Waals surface area contributed by atoms with Gasteiger partial charge in [0.2, 0.25) is 0 Å². The van der Waals surface area contributed by atoms with E-state index in [1.165, 1.54) is 28.3 Å². The number of carboxylic acid groups (broad SMARTS) is 1. The highest BCUT2D eigenvalue weighted by Crippen LogP contribution is 2.35. The molecule has 1 amide bonds. The number of aromatic nitrogens is 1. The van der Waals surface area contributed by atoms with Gasteiger partial charge in [-0.2, -0.15) is 0 Å². The highest BCUT2D eigenvalue weighted by atomic mass is 32.2. The third-order valence-electron chi connectivity index (χ3n) is 6.41. The molecule has 1 aromatic heterocycles. The van der Waals surface area contributed by atoms with E-state index < -0.39 is 5.97 Å². The van der Waals surface area contributed by atoms with Crippen LogP contribution in [-0.4, -0.2) is 38.7 Å². The summed E-state index contributed by atoms with van der Waals surface area (Å²) in [5, 5.41) is 9.75. The van der Waals surface area contributed by atoms with Crippen molar-refractivity contribution in [3.63, 3.8) is 0 Å². The minimum Gasteiger partial charge on any atom is -0.478 e. The molecule has 6 nitrogen and oxygen atoms in total. The second kappa shape index (κ2) is 9.47. The molecule has 4 rings (SSSR count). The number of aromatic carboxylic acids is 1. The number of hydrogen-bond acceptors (Lipinski definition) is 4. The predicted octanol–water partition coefficient (Wildman–Crippen LogP) is 6.63. The molecular formula is C29H31N3O3S. The Kier molecular flexibility index (Phi) is 6.71. The van der Waals surface area contributed by atoms with Crippen LogP contribution in [0.2, 0.25) is 0 Å². The van der Waals surface area contributed by atoms with Gasteiger partial charge in [-0.05, 0) is 97.1 Å². The molecule has 0 unspecified atom stereocenters. The van der Waals surface area contributed by atoms with Crippen molar-refractivity contribution in [2.75, 3.05) is 7.05 Å². The lowest BCUT2D eigenvalue weighted by atomic mass is 9.87. The number of likely N-dealkylation sites (N-methyl/N-ethyl adjacent to an activating group) is 1. The molecule has 1 aliphatic heterocycles. The molecular weight excluding hydrogens is 470 g/mol. The molecule has 1 fully saturated rings. The number of hydrogen-bond donors (Lipinski definition) is 1. The summed E-state index contributed by atoms with van der Waals surface area (Å²) in [6.07, 6.45) is 1.93. The average molecular weight is 502 g/mol. The van der Waals surface area contributed by atoms with Gasteiger partial charge >= 0.3 is 5.97 Å². The van der Waals surface area contributed by atoms with Crippen molar-refractivity contribution in [3.8, 4) is 5.69 Å². The molecule has 0 atom stereocenters. The van der Waals surface area contributed by atoms with Crippen LogP contribution < -0.4 is 0 Å². The van der Waals surface area contributed by atoms with Gasteiger partial charge in [-0.3, -0.25) is 9.69 Å². The van der Waals surface area contributed by atoms with Gasteiger partial charge in [0.25, 0.3) is 5.91 Å². The fourth-order valence-electron chi connectivity index (χ4n) is 4.25. The number of aliphatic imine (C=N–C) groups is 1. The minimum atomic E-state index is -0.979. The van der Waals surface area contributed by atoms with Crippen molar-refractivity contribution in [1.82, 2.24) is 9.47 Å². The maximum atomic E-state index is 13.0. The van der Waals surface area contributed by atoms with E-state index in [-0.39, 0.29) is 16.9 Å². The summed E-state index contributed by atoms with van der Waals surface area (Å²) in [6, 6.07) is 15.5. The molecule has 7 heteroatoms. The summed E-state index contributed by atoms with van der Waals surface area (Å²) in [5.74, 6) is -1.09. The monoisotopic (exact) mass is 501 g/mol. The zero-order valence-corrected chi connectivity index (χ0v) is 22.5. The quantitative estimate of drug-likeness (QED) is 0.407. The predicted molar refractivity (Wildman–Crippen MR) is 148 cm³/mol. The van der Waals surface area contributed by atoms with Crippen LogP contribution in [0.1, 0.15) is 59.2 Å². The summed E-state index contributed by atoms with van der Waals surface area (Å²) in [4.78, 5) is 31.0. The fourth-order valence-corrected chi connectivity index (χ4v) is 5.22. The Hall–Kier alpha value is -3.58. The van der Waals surface area contributed by atoms with Gasteiger partial charge < -0.3 is 9.67 Å². The van der Waals surface area contributed by atoms with E-state index >= 15 is 0 Å². The van der Waals surface area contributed by atoms with Gasteiger partial charge in [0.15, 0.2) is 5.17 Å². The van der Waals surface area contributed by atoms with Crippen LogP contribution in [0.4, 0.5) is 5.69 Å². The third-order valence-corrected chi connectivity index (χ3v) is 7.47. The Morgan fingerprint density at radius 2 is 1.69 bits per heavy atom. The number of carbonyl (C=O) groups excluding carboxylic acids is 1. The molecule has 1 aliphatic rings. The molecule has 2 aromatic carbocycles. The smallest absolute Gasteiger partial charge is 0.335 e. The molecule has 1 N–H and O–H groups in total. The maximum Gasteiger partial charge on any atom is 0.335 e. The Bertz CT molecular complexity index is 1420. The summed E-state index contributed by atoms with van der Waals surface area (Å²) >= 11 is 1.32. The number of aryl methyl sites for hydroxylation is 2. The first-order valence-electron chi connectivity index (χ1n) is 11.8. The summed E-state index contributed by atoms with van der Waals surface area (Å²) in [7, 11) is 1.70. The average Bonchev–Trinajstić information content (AvgIpc) is 3.24. The van der Waals surface area contributed by atoms with Gasteiger partial charge in [0, 0.05) is 24.1 Å². The molecule has 1 saturated heterocycles. The van der Waals surface area contributed by atoms with Crippen LogP contribution in [0.15, 0.2) is 58.4 Å². The van der Waals surface area contributed by atoms with Crippen LogP contribution in [0.25, 0.3) is 11.8 Å².